The largest absolute Gasteiger partial charge is 0.416 e. The van der Waals surface area contributed by atoms with Crippen LogP contribution in [0.1, 0.15) is 30.0 Å². The maximum Gasteiger partial charge on any atom is 0.416 e. The zero-order chi connectivity index (χ0) is 17.2. The minimum atomic E-state index is -4.35. The minimum Gasteiger partial charge on any atom is -0.395 e. The number of anilines is 3. The van der Waals surface area contributed by atoms with Gasteiger partial charge in [-0.05, 0) is 37.1 Å². The third kappa shape index (κ3) is 4.14. The van der Waals surface area contributed by atoms with E-state index < -0.39 is 11.7 Å². The molecule has 0 radical (unpaired) electrons. The molecule has 5 nitrogen and oxygen atoms in total. The fraction of sp³-hybridized carbons (Fsp3) is 0.375. The van der Waals surface area contributed by atoms with E-state index >= 15 is 0 Å². The first-order chi connectivity index (χ1) is 11.5. The van der Waals surface area contributed by atoms with Crippen LogP contribution in [-0.4, -0.2) is 28.2 Å². The quantitative estimate of drug-likeness (QED) is 0.752. The van der Waals surface area contributed by atoms with Crippen LogP contribution in [0.3, 0.4) is 0 Å². The summed E-state index contributed by atoms with van der Waals surface area (Å²) in [4.78, 5) is 8.68. The molecule has 0 spiro atoms. The van der Waals surface area contributed by atoms with Crippen molar-refractivity contribution in [2.45, 2.75) is 24.9 Å². The second-order valence-electron chi connectivity index (χ2n) is 5.63. The van der Waals surface area contributed by atoms with E-state index in [-0.39, 0.29) is 6.61 Å². The molecule has 0 unspecified atom stereocenters. The molecule has 1 saturated carbocycles. The molecule has 8 heteroatoms. The number of aromatic nitrogens is 2. The van der Waals surface area contributed by atoms with Gasteiger partial charge in [0.1, 0.15) is 5.82 Å². The SMILES string of the molecule is OCCNc1nc(Nc2ccc(C(F)(F)F)cc2)cc(C2CC2)n1. The second kappa shape index (κ2) is 6.64. The van der Waals surface area contributed by atoms with Crippen molar-refractivity contribution in [1.29, 1.82) is 0 Å². The summed E-state index contributed by atoms with van der Waals surface area (Å²) in [6, 6.07) is 6.58. The molecule has 1 aromatic carbocycles. The fourth-order valence-electron chi connectivity index (χ4n) is 2.26. The Balaban J connectivity index is 1.79. The first-order valence-corrected chi connectivity index (χ1v) is 7.64. The Morgan fingerprint density at radius 2 is 1.83 bits per heavy atom. The van der Waals surface area contributed by atoms with Crippen LogP contribution < -0.4 is 10.6 Å². The van der Waals surface area contributed by atoms with E-state index in [1.807, 2.05) is 0 Å². The molecule has 1 aliphatic rings. The van der Waals surface area contributed by atoms with Gasteiger partial charge < -0.3 is 15.7 Å². The number of halogens is 3. The van der Waals surface area contributed by atoms with Gasteiger partial charge in [0.25, 0.3) is 0 Å². The molecule has 1 aromatic heterocycles. The van der Waals surface area contributed by atoms with Crippen LogP contribution in [0.2, 0.25) is 0 Å². The summed E-state index contributed by atoms with van der Waals surface area (Å²) in [5.74, 6) is 1.30. The highest BCUT2D eigenvalue weighted by atomic mass is 19.4. The van der Waals surface area contributed by atoms with Gasteiger partial charge in [-0.2, -0.15) is 18.2 Å². The first-order valence-electron chi connectivity index (χ1n) is 7.64. The summed E-state index contributed by atoms with van der Waals surface area (Å²) in [5.41, 5.74) is 0.705. The predicted molar refractivity (Wildman–Crippen MR) is 84.3 cm³/mol. The van der Waals surface area contributed by atoms with Gasteiger partial charge in [0.2, 0.25) is 5.95 Å². The Labute approximate surface area is 137 Å². The van der Waals surface area contributed by atoms with Crippen LogP contribution >= 0.6 is 0 Å². The molecule has 3 N–H and O–H groups in total. The lowest BCUT2D eigenvalue weighted by Gasteiger charge is -2.12. The summed E-state index contributed by atoms with van der Waals surface area (Å²) >= 11 is 0. The fourth-order valence-corrected chi connectivity index (χ4v) is 2.26. The van der Waals surface area contributed by atoms with Crippen LogP contribution in [0, 0.1) is 0 Å². The Hall–Kier alpha value is -2.35. The number of rotatable bonds is 6. The molecular weight excluding hydrogens is 321 g/mol. The molecule has 0 aliphatic heterocycles. The summed E-state index contributed by atoms with van der Waals surface area (Å²) in [7, 11) is 0. The normalized spacial score (nSPS) is 14.5. The molecule has 0 amide bonds. The lowest BCUT2D eigenvalue weighted by Crippen LogP contribution is -2.10. The van der Waals surface area contributed by atoms with Crippen molar-refractivity contribution >= 4 is 17.5 Å². The van der Waals surface area contributed by atoms with E-state index in [9.17, 15) is 13.2 Å². The molecule has 24 heavy (non-hydrogen) atoms. The smallest absolute Gasteiger partial charge is 0.395 e. The molecule has 3 rings (SSSR count). The summed E-state index contributed by atoms with van der Waals surface area (Å²) < 4.78 is 37.8. The molecule has 0 bridgehead atoms. The van der Waals surface area contributed by atoms with Gasteiger partial charge in [-0.3, -0.25) is 0 Å². The molecule has 1 aliphatic carbocycles. The third-order valence-electron chi connectivity index (χ3n) is 3.62. The van der Waals surface area contributed by atoms with Gasteiger partial charge in [0.15, 0.2) is 0 Å². The summed E-state index contributed by atoms with van der Waals surface area (Å²) in [6.07, 6.45) is -2.22. The average Bonchev–Trinajstić information content (AvgIpc) is 3.37. The van der Waals surface area contributed by atoms with E-state index in [2.05, 4.69) is 20.6 Å². The number of nitrogens with one attached hydrogen (secondary N) is 2. The lowest BCUT2D eigenvalue weighted by molar-refractivity contribution is -0.137. The second-order valence-corrected chi connectivity index (χ2v) is 5.63. The van der Waals surface area contributed by atoms with E-state index in [0.29, 0.717) is 29.9 Å². The van der Waals surface area contributed by atoms with Gasteiger partial charge in [-0.1, -0.05) is 0 Å². The number of aliphatic hydroxyl groups excluding tert-OH is 1. The summed E-state index contributed by atoms with van der Waals surface area (Å²) in [6.45, 7) is 0.284. The number of alkyl halides is 3. The molecule has 1 heterocycles. The van der Waals surface area contributed by atoms with Crippen molar-refractivity contribution in [1.82, 2.24) is 9.97 Å². The Morgan fingerprint density at radius 3 is 2.42 bits per heavy atom. The average molecular weight is 338 g/mol. The molecular formula is C16H17F3N4O. The molecule has 0 saturated heterocycles. The highest BCUT2D eigenvalue weighted by Gasteiger charge is 2.30. The van der Waals surface area contributed by atoms with Crippen LogP contribution in [0.4, 0.5) is 30.6 Å². The maximum absolute atomic E-state index is 12.6. The molecule has 128 valence electrons. The first kappa shape index (κ1) is 16.5. The Morgan fingerprint density at radius 1 is 1.12 bits per heavy atom. The zero-order valence-electron chi connectivity index (χ0n) is 12.8. The topological polar surface area (TPSA) is 70.1 Å². The van der Waals surface area contributed by atoms with E-state index in [4.69, 9.17) is 5.11 Å². The lowest BCUT2D eigenvalue weighted by atomic mass is 10.2. The van der Waals surface area contributed by atoms with Gasteiger partial charge in [-0.15, -0.1) is 0 Å². The zero-order valence-corrected chi connectivity index (χ0v) is 12.8. The van der Waals surface area contributed by atoms with Crippen LogP contribution in [0.15, 0.2) is 30.3 Å². The van der Waals surface area contributed by atoms with Crippen molar-refractivity contribution in [2.75, 3.05) is 23.8 Å². The summed E-state index contributed by atoms with van der Waals surface area (Å²) in [5, 5.41) is 14.8. The van der Waals surface area contributed by atoms with E-state index in [1.165, 1.54) is 12.1 Å². The van der Waals surface area contributed by atoms with Gasteiger partial charge >= 0.3 is 6.18 Å². The van der Waals surface area contributed by atoms with Crippen LogP contribution in [0.25, 0.3) is 0 Å². The number of hydrogen-bond donors (Lipinski definition) is 3. The molecule has 1 fully saturated rings. The number of nitrogens with zero attached hydrogens (tertiary/aromatic N) is 2. The Bertz CT molecular complexity index is 699. The number of aliphatic hydroxyl groups is 1. The van der Waals surface area contributed by atoms with Gasteiger partial charge in [0, 0.05) is 24.2 Å². The van der Waals surface area contributed by atoms with Crippen molar-refractivity contribution < 1.29 is 18.3 Å². The van der Waals surface area contributed by atoms with Crippen LogP contribution in [0.5, 0.6) is 0 Å². The van der Waals surface area contributed by atoms with E-state index in [0.717, 1.165) is 30.7 Å². The third-order valence-corrected chi connectivity index (χ3v) is 3.62. The van der Waals surface area contributed by atoms with Crippen LogP contribution in [-0.2, 0) is 6.18 Å². The predicted octanol–water partition coefficient (Wildman–Crippen LogP) is 3.52. The van der Waals surface area contributed by atoms with Gasteiger partial charge in [-0.25, -0.2) is 4.98 Å². The number of benzene rings is 1. The van der Waals surface area contributed by atoms with Crippen molar-refractivity contribution in [3.63, 3.8) is 0 Å². The van der Waals surface area contributed by atoms with Crippen molar-refractivity contribution in [3.8, 4) is 0 Å². The molecule has 0 atom stereocenters. The van der Waals surface area contributed by atoms with Crippen molar-refractivity contribution in [2.24, 2.45) is 0 Å². The number of hydrogen-bond acceptors (Lipinski definition) is 5. The highest BCUT2D eigenvalue weighted by molar-refractivity contribution is 5.58. The van der Waals surface area contributed by atoms with Crippen molar-refractivity contribution in [3.05, 3.63) is 41.6 Å². The van der Waals surface area contributed by atoms with Gasteiger partial charge in [0.05, 0.1) is 17.9 Å². The monoisotopic (exact) mass is 338 g/mol. The van der Waals surface area contributed by atoms with E-state index in [1.54, 1.807) is 6.07 Å². The Kier molecular flexibility index (Phi) is 4.57. The molecule has 2 aromatic rings. The highest BCUT2D eigenvalue weighted by Crippen LogP contribution is 2.40. The maximum atomic E-state index is 12.6. The minimum absolute atomic E-state index is 0.0430. The standard InChI is InChI=1S/C16H17F3N4O/c17-16(18,19)11-3-5-12(6-4-11)21-14-9-13(10-1-2-10)22-15(23-14)20-7-8-24/h3-6,9-10,24H,1-2,7-8H2,(H2,20,21,22,23).